The Morgan fingerprint density at radius 2 is 1.77 bits per heavy atom. The molecule has 0 aliphatic heterocycles. The molecule has 13 heavy (non-hydrogen) atoms. The van der Waals surface area contributed by atoms with Crippen LogP contribution in [0, 0.1) is 5.92 Å². The first-order valence-electron chi connectivity index (χ1n) is 3.66. The number of carbonyl (C=O) groups excluding carboxylic acids is 1. The van der Waals surface area contributed by atoms with Gasteiger partial charge in [0.2, 0.25) is 5.91 Å². The third-order valence-corrected chi connectivity index (χ3v) is 1.19. The zero-order valence-corrected chi connectivity index (χ0v) is 7.91. The Bertz CT molecular complexity index is 219. The maximum absolute atomic E-state index is 10.3. The van der Waals surface area contributed by atoms with Crippen molar-refractivity contribution in [1.82, 2.24) is 0 Å². The smallest absolute Gasteiger partial charge is 0.327 e. The van der Waals surface area contributed by atoms with Gasteiger partial charge < -0.3 is 10.8 Å². The third-order valence-electron chi connectivity index (χ3n) is 1.19. The molecule has 74 valence electrons. The molecule has 0 saturated heterocycles. The van der Waals surface area contributed by atoms with Crippen LogP contribution in [0.2, 0.25) is 0 Å². The van der Waals surface area contributed by atoms with Crippen LogP contribution in [0.4, 0.5) is 0 Å². The largest absolute Gasteiger partial charge is 0.478 e. The molecule has 0 rings (SSSR count). The lowest BCUT2D eigenvalue weighted by molar-refractivity contribution is -0.131. The summed E-state index contributed by atoms with van der Waals surface area (Å²) in [5.74, 6) is -1.21. The van der Waals surface area contributed by atoms with Crippen molar-refractivity contribution < 1.29 is 14.7 Å². The van der Waals surface area contributed by atoms with Gasteiger partial charge in [-0.25, -0.2) is 4.79 Å². The van der Waals surface area contributed by atoms with Crippen LogP contribution < -0.4 is 5.73 Å². The van der Waals surface area contributed by atoms with Gasteiger partial charge in [0, 0.05) is 11.6 Å². The molecule has 0 spiro atoms. The fourth-order valence-electron chi connectivity index (χ4n) is 0.285. The summed E-state index contributed by atoms with van der Waals surface area (Å²) in [6.45, 7) is 10.2. The second kappa shape index (κ2) is 7.09. The highest BCUT2D eigenvalue weighted by molar-refractivity contribution is 5.91. The molecular weight excluding hydrogens is 170 g/mol. The fourth-order valence-corrected chi connectivity index (χ4v) is 0.285. The number of carboxylic acid groups (broad SMARTS) is 1. The summed E-state index contributed by atoms with van der Waals surface area (Å²) in [5.41, 5.74) is 5.39. The molecule has 4 nitrogen and oxygen atoms in total. The monoisotopic (exact) mass is 185 g/mol. The molecule has 0 aliphatic rings. The molecule has 0 atom stereocenters. The summed E-state index contributed by atoms with van der Waals surface area (Å²) in [7, 11) is 0. The summed E-state index contributed by atoms with van der Waals surface area (Å²) in [6.07, 6.45) is 0.833. The Hall–Kier alpha value is -1.58. The molecule has 0 aromatic heterocycles. The number of aliphatic carboxylic acids is 1. The molecule has 0 unspecified atom stereocenters. The maximum Gasteiger partial charge on any atom is 0.327 e. The number of nitrogens with two attached hydrogens (primary N) is 1. The maximum atomic E-state index is 10.3. The molecule has 4 heteroatoms. The number of amides is 1. The molecule has 0 aliphatic carbocycles. The second-order valence-corrected chi connectivity index (χ2v) is 2.59. The lowest BCUT2D eigenvalue weighted by Gasteiger charge is -2.01. The molecule has 0 heterocycles. The number of hydrogen-bond donors (Lipinski definition) is 2. The van der Waals surface area contributed by atoms with E-state index in [1.165, 1.54) is 0 Å². The quantitative estimate of drug-likeness (QED) is 0.642. The minimum atomic E-state index is -0.981. The highest BCUT2D eigenvalue weighted by atomic mass is 16.4. The molecule has 0 fully saturated rings. The molecule has 0 bridgehead atoms. The topological polar surface area (TPSA) is 80.4 Å². The van der Waals surface area contributed by atoms with Crippen molar-refractivity contribution in [1.29, 1.82) is 0 Å². The van der Waals surface area contributed by atoms with Crippen molar-refractivity contribution >= 4 is 11.9 Å². The number of carbonyl (C=O) groups is 2. The second-order valence-electron chi connectivity index (χ2n) is 2.59. The summed E-state index contributed by atoms with van der Waals surface area (Å²) >= 11 is 0. The Balaban J connectivity index is 0. The average Bonchev–Trinajstić information content (AvgIpc) is 2.03. The summed E-state index contributed by atoms with van der Waals surface area (Å²) in [6, 6.07) is 0. The SMILES string of the molecule is C=C(C(N)=O)C(C)C.C=CC(=O)O. The van der Waals surface area contributed by atoms with Crippen molar-refractivity contribution in [2.24, 2.45) is 11.7 Å². The van der Waals surface area contributed by atoms with Crippen LogP contribution >= 0.6 is 0 Å². The Morgan fingerprint density at radius 1 is 1.46 bits per heavy atom. The lowest BCUT2D eigenvalue weighted by Crippen LogP contribution is -2.16. The van der Waals surface area contributed by atoms with Crippen molar-refractivity contribution in [2.45, 2.75) is 13.8 Å². The zero-order valence-electron chi connectivity index (χ0n) is 7.91. The van der Waals surface area contributed by atoms with Gasteiger partial charge in [-0.05, 0) is 5.92 Å². The Kier molecular flexibility index (Phi) is 7.62. The molecular formula is C9H15NO3. The predicted octanol–water partition coefficient (Wildman–Crippen LogP) is 0.941. The van der Waals surface area contributed by atoms with Gasteiger partial charge in [-0.15, -0.1) is 0 Å². The minimum Gasteiger partial charge on any atom is -0.478 e. The number of hydrogen-bond acceptors (Lipinski definition) is 2. The van der Waals surface area contributed by atoms with E-state index in [9.17, 15) is 9.59 Å². The van der Waals surface area contributed by atoms with Crippen LogP contribution in [0.15, 0.2) is 24.8 Å². The first-order chi connectivity index (χ1) is 5.82. The summed E-state index contributed by atoms with van der Waals surface area (Å²) in [4.78, 5) is 19.5. The van der Waals surface area contributed by atoms with Crippen molar-refractivity contribution in [3.8, 4) is 0 Å². The van der Waals surface area contributed by atoms with E-state index in [0.29, 0.717) is 5.57 Å². The van der Waals surface area contributed by atoms with E-state index in [0.717, 1.165) is 6.08 Å². The van der Waals surface area contributed by atoms with Gasteiger partial charge in [0.1, 0.15) is 0 Å². The Labute approximate surface area is 77.7 Å². The van der Waals surface area contributed by atoms with Crippen LogP contribution in [0.1, 0.15) is 13.8 Å². The molecule has 3 N–H and O–H groups in total. The van der Waals surface area contributed by atoms with E-state index < -0.39 is 11.9 Å². The average molecular weight is 185 g/mol. The predicted molar refractivity (Wildman–Crippen MR) is 51.0 cm³/mol. The summed E-state index contributed by atoms with van der Waals surface area (Å²) in [5, 5.41) is 7.60. The van der Waals surface area contributed by atoms with Crippen LogP contribution in [-0.2, 0) is 9.59 Å². The number of carboxylic acids is 1. The van der Waals surface area contributed by atoms with Crippen LogP contribution in [0.5, 0.6) is 0 Å². The highest BCUT2D eigenvalue weighted by Crippen LogP contribution is 2.03. The van der Waals surface area contributed by atoms with Gasteiger partial charge in [0.25, 0.3) is 0 Å². The third kappa shape index (κ3) is 10.4. The molecule has 0 saturated carbocycles. The molecule has 0 radical (unpaired) electrons. The normalized spacial score (nSPS) is 8.23. The van der Waals surface area contributed by atoms with Crippen LogP contribution in [-0.4, -0.2) is 17.0 Å². The van der Waals surface area contributed by atoms with Crippen LogP contribution in [0.3, 0.4) is 0 Å². The first-order valence-corrected chi connectivity index (χ1v) is 3.66. The van der Waals surface area contributed by atoms with Gasteiger partial charge in [-0.3, -0.25) is 4.79 Å². The van der Waals surface area contributed by atoms with Gasteiger partial charge in [-0.2, -0.15) is 0 Å². The molecule has 0 aromatic carbocycles. The molecule has 0 aromatic rings. The van der Waals surface area contributed by atoms with E-state index in [1.807, 2.05) is 13.8 Å². The van der Waals surface area contributed by atoms with Gasteiger partial charge in [-0.1, -0.05) is 27.0 Å². The van der Waals surface area contributed by atoms with Crippen molar-refractivity contribution in [3.63, 3.8) is 0 Å². The highest BCUT2D eigenvalue weighted by Gasteiger charge is 2.03. The zero-order chi connectivity index (χ0) is 11.0. The van der Waals surface area contributed by atoms with Crippen LogP contribution in [0.25, 0.3) is 0 Å². The number of rotatable bonds is 3. The summed E-state index contributed by atoms with van der Waals surface area (Å²) < 4.78 is 0. The Morgan fingerprint density at radius 3 is 1.77 bits per heavy atom. The lowest BCUT2D eigenvalue weighted by atomic mass is 10.1. The van der Waals surface area contributed by atoms with Gasteiger partial charge >= 0.3 is 5.97 Å². The van der Waals surface area contributed by atoms with E-state index in [2.05, 4.69) is 13.2 Å². The first kappa shape index (κ1) is 14.0. The number of primary amides is 1. The van der Waals surface area contributed by atoms with E-state index in [4.69, 9.17) is 10.8 Å². The van der Waals surface area contributed by atoms with Crippen molar-refractivity contribution in [3.05, 3.63) is 24.8 Å². The van der Waals surface area contributed by atoms with E-state index in [1.54, 1.807) is 0 Å². The van der Waals surface area contributed by atoms with Crippen molar-refractivity contribution in [2.75, 3.05) is 0 Å². The van der Waals surface area contributed by atoms with Gasteiger partial charge in [0.15, 0.2) is 0 Å². The van der Waals surface area contributed by atoms with E-state index in [-0.39, 0.29) is 5.92 Å². The molecule has 1 amide bonds. The minimum absolute atomic E-state index is 0.174. The van der Waals surface area contributed by atoms with Gasteiger partial charge in [0.05, 0.1) is 0 Å². The van der Waals surface area contributed by atoms with E-state index >= 15 is 0 Å². The standard InChI is InChI=1S/C6H11NO.C3H4O2/c1-4(2)5(3)6(7)8;1-2-3(4)5/h4H,3H2,1-2H3,(H2,7,8);2H,1H2,(H,4,5). The fraction of sp³-hybridized carbons (Fsp3) is 0.333.